The third-order valence-corrected chi connectivity index (χ3v) is 0. The molecule has 0 aromatic rings. The van der Waals surface area contributed by atoms with Gasteiger partial charge in [-0.1, -0.05) is 0 Å². The summed E-state index contributed by atoms with van der Waals surface area (Å²) >= 11 is 1.55. The fourth-order valence-corrected chi connectivity index (χ4v) is 0. The van der Waals surface area contributed by atoms with Crippen molar-refractivity contribution >= 4 is 28.0 Å². The van der Waals surface area contributed by atoms with Gasteiger partial charge in [0.15, 0.2) is 0 Å². The molecule has 0 aromatic heterocycles. The maximum absolute atomic E-state index is 2.12. The van der Waals surface area contributed by atoms with Crippen molar-refractivity contribution in [2.24, 2.45) is 0 Å². The van der Waals surface area contributed by atoms with Crippen molar-refractivity contribution in [3.05, 3.63) is 0 Å². The summed E-state index contributed by atoms with van der Waals surface area (Å²) in [6, 6.07) is 0. The van der Waals surface area contributed by atoms with E-state index in [1.54, 1.807) is 24.2 Å². The molecule has 0 bridgehead atoms. The van der Waals surface area contributed by atoms with E-state index in [1.807, 2.05) is 0 Å². The van der Waals surface area contributed by atoms with Gasteiger partial charge in [-0.25, -0.2) is 0 Å². The van der Waals surface area contributed by atoms with Crippen LogP contribution >= 0.6 is 24.8 Å². The zero-order chi connectivity index (χ0) is 3.58. The smallest absolute Gasteiger partial charge is 0 e. The summed E-state index contributed by atoms with van der Waals surface area (Å²) in [6.07, 6.45) is 0. The number of halogens is 2. The van der Waals surface area contributed by atoms with E-state index >= 15 is 0 Å². The van der Waals surface area contributed by atoms with E-state index < -0.39 is 0 Å². The van der Waals surface area contributed by atoms with Gasteiger partial charge < -0.3 is 0 Å². The molecule has 0 saturated carbocycles. The molecule has 0 N–H and O–H groups in total. The number of hydrogen-bond acceptors (Lipinski definition) is 0. The first-order valence-electron chi connectivity index (χ1n) is 1.25. The Labute approximate surface area is 91.1 Å². The van der Waals surface area contributed by atoms with E-state index in [9.17, 15) is 0 Å². The molecule has 7 heavy (non-hydrogen) atoms. The summed E-state index contributed by atoms with van der Waals surface area (Å²) in [7, 11) is 0. The molecule has 4 heteroatoms. The monoisotopic (exact) mass is 294 g/mol. The first kappa shape index (κ1) is 22.9. The summed E-state index contributed by atoms with van der Waals surface area (Å²) in [5.74, 6) is 0. The van der Waals surface area contributed by atoms with Crippen LogP contribution in [0, 0.1) is 0 Å². The maximum atomic E-state index is 2.12. The molecule has 0 amide bonds. The standard InChI is InChI=1S/C3H6.2ClH.2Zr/c1-3-2;;;;/h1-2H3;2*1H;;. The van der Waals surface area contributed by atoms with Crippen molar-refractivity contribution in [3.8, 4) is 0 Å². The molecule has 0 nitrogen and oxygen atoms in total. The first-order valence-corrected chi connectivity index (χ1v) is 2.48. The molecule has 0 heterocycles. The topological polar surface area (TPSA) is 0 Å². The Hall–Kier alpha value is 2.22. The second kappa shape index (κ2) is 15.7. The van der Waals surface area contributed by atoms with Crippen molar-refractivity contribution in [2.45, 2.75) is 13.8 Å². The van der Waals surface area contributed by atoms with Crippen molar-refractivity contribution in [1.82, 2.24) is 0 Å². The van der Waals surface area contributed by atoms with Crippen LogP contribution < -0.4 is 0 Å². The van der Waals surface area contributed by atoms with E-state index in [0.717, 1.165) is 0 Å². The van der Waals surface area contributed by atoms with Gasteiger partial charge in [0.1, 0.15) is 0 Å². The van der Waals surface area contributed by atoms with Gasteiger partial charge in [0.25, 0.3) is 0 Å². The van der Waals surface area contributed by atoms with Gasteiger partial charge in [-0.15, -0.1) is 24.8 Å². The summed E-state index contributed by atoms with van der Waals surface area (Å²) in [5.41, 5.74) is 0. The van der Waals surface area contributed by atoms with Gasteiger partial charge in [-0.2, -0.15) is 0 Å². The van der Waals surface area contributed by atoms with Crippen molar-refractivity contribution < 1.29 is 50.4 Å². The second-order valence-electron chi connectivity index (χ2n) is 1.00. The van der Waals surface area contributed by atoms with Crippen LogP contribution in [-0.4, -0.2) is 3.21 Å². The Balaban J connectivity index is -0.0000000150. The third-order valence-electron chi connectivity index (χ3n) is 0. The van der Waals surface area contributed by atoms with Crippen LogP contribution in [0.1, 0.15) is 13.8 Å². The van der Waals surface area contributed by atoms with Gasteiger partial charge in [0.05, 0.1) is 0 Å². The minimum absolute atomic E-state index is 0. The molecule has 0 atom stereocenters. The minimum atomic E-state index is 0. The minimum Gasteiger partial charge on any atom is -0.147 e. The normalized spacial score (nSPS) is 3.57. The van der Waals surface area contributed by atoms with Crippen molar-refractivity contribution in [3.63, 3.8) is 0 Å². The molecular formula is C3H8Cl2Zr2. The Kier molecular flexibility index (Phi) is 51.4. The SMILES string of the molecule is C[C](C)=[Zr].Cl.Cl.[Zr]. The maximum Gasteiger partial charge on any atom is 0 e. The molecule has 0 spiro atoms. The fourth-order valence-electron chi connectivity index (χ4n) is 0. The molecular weight excluding hydrogens is 289 g/mol. The summed E-state index contributed by atoms with van der Waals surface area (Å²) in [5, 5.41) is 0. The van der Waals surface area contributed by atoms with Crippen LogP contribution in [0.3, 0.4) is 0 Å². The molecule has 0 saturated heterocycles. The van der Waals surface area contributed by atoms with Gasteiger partial charge in [-0.05, 0) is 0 Å². The predicted molar refractivity (Wildman–Crippen MR) is 30.9 cm³/mol. The molecule has 0 aliphatic carbocycles. The molecule has 0 rings (SSSR count). The van der Waals surface area contributed by atoms with Gasteiger partial charge in [0, 0.05) is 26.2 Å². The third kappa shape index (κ3) is 64.6. The average Bonchev–Trinajstić information content (AvgIpc) is 0.811. The Morgan fingerprint density at radius 3 is 1.14 bits per heavy atom. The van der Waals surface area contributed by atoms with E-state index in [1.165, 1.54) is 3.21 Å². The Bertz CT molecular complexity index is 33.9. The van der Waals surface area contributed by atoms with Crippen LogP contribution in [0.5, 0.6) is 0 Å². The number of hydrogen-bond donors (Lipinski definition) is 0. The van der Waals surface area contributed by atoms with E-state index in [0.29, 0.717) is 0 Å². The summed E-state index contributed by atoms with van der Waals surface area (Å²) in [4.78, 5) is 0. The summed E-state index contributed by atoms with van der Waals surface area (Å²) < 4.78 is 1.51. The quantitative estimate of drug-likeness (QED) is 0.637. The van der Waals surface area contributed by atoms with E-state index in [-0.39, 0.29) is 51.0 Å². The zero-order valence-electron chi connectivity index (χ0n) is 4.32. The Morgan fingerprint density at radius 2 is 1.14 bits per heavy atom. The van der Waals surface area contributed by atoms with Gasteiger partial charge >= 0.3 is 41.3 Å². The first-order chi connectivity index (χ1) is 1.73. The van der Waals surface area contributed by atoms with Crippen molar-refractivity contribution in [2.75, 3.05) is 0 Å². The molecule has 0 radical (unpaired) electrons. The van der Waals surface area contributed by atoms with Crippen LogP contribution in [0.15, 0.2) is 0 Å². The molecule has 0 aliphatic rings. The van der Waals surface area contributed by atoms with Crippen molar-refractivity contribution in [1.29, 1.82) is 0 Å². The van der Waals surface area contributed by atoms with Crippen LogP contribution in [0.25, 0.3) is 0 Å². The predicted octanol–water partition coefficient (Wildman–Crippen LogP) is 1.59. The Morgan fingerprint density at radius 1 is 1.14 bits per heavy atom. The van der Waals surface area contributed by atoms with Crippen LogP contribution in [0.4, 0.5) is 0 Å². The molecule has 0 aliphatic heterocycles. The van der Waals surface area contributed by atoms with Gasteiger partial charge in [0.2, 0.25) is 0 Å². The average molecular weight is 297 g/mol. The second-order valence-corrected chi connectivity index (χ2v) is 3.46. The summed E-state index contributed by atoms with van der Waals surface area (Å²) in [6.45, 7) is 4.25. The zero-order valence-corrected chi connectivity index (χ0v) is 10.9. The fraction of sp³-hybridized carbons (Fsp3) is 0.667. The molecule has 42 valence electrons. The van der Waals surface area contributed by atoms with E-state index in [4.69, 9.17) is 0 Å². The number of rotatable bonds is 0. The van der Waals surface area contributed by atoms with Gasteiger partial charge in [-0.3, -0.25) is 0 Å². The van der Waals surface area contributed by atoms with E-state index in [2.05, 4.69) is 13.8 Å². The molecule has 0 fully saturated rings. The largest absolute Gasteiger partial charge is 0.147 e. The van der Waals surface area contributed by atoms with Crippen LogP contribution in [0.2, 0.25) is 0 Å². The molecule has 0 aromatic carbocycles. The van der Waals surface area contributed by atoms with Crippen LogP contribution in [-0.2, 0) is 50.4 Å². The molecule has 0 unspecified atom stereocenters.